The second kappa shape index (κ2) is 19.2. The number of Topliss-reactive ketones (excluding diaryl/α,β-unsaturated/α-hetero) is 1. The van der Waals surface area contributed by atoms with Crippen molar-refractivity contribution in [1.82, 2.24) is 9.97 Å². The highest BCUT2D eigenvalue weighted by molar-refractivity contribution is 5.93. The lowest BCUT2D eigenvalue weighted by Gasteiger charge is -2.44. The normalized spacial score (nSPS) is 28.5. The largest absolute Gasteiger partial charge is 0.458 e. The van der Waals surface area contributed by atoms with Gasteiger partial charge in [0, 0.05) is 62.0 Å². The average molecular weight is 869 g/mol. The predicted molar refractivity (Wildman–Crippen MR) is 222 cm³/mol. The molecule has 1 fully saturated rings. The summed E-state index contributed by atoms with van der Waals surface area (Å²) in [4.78, 5) is 105. The molecule has 0 bridgehead atoms. The third kappa shape index (κ3) is 10.6. The highest BCUT2D eigenvalue weighted by Crippen LogP contribution is 2.52. The highest BCUT2D eigenvalue weighted by atomic mass is 16.6. The number of ketones is 1. The van der Waals surface area contributed by atoms with Crippen LogP contribution < -0.4 is 0 Å². The summed E-state index contributed by atoms with van der Waals surface area (Å²) in [6.07, 6.45) is -1.44. The van der Waals surface area contributed by atoms with E-state index in [-0.39, 0.29) is 16.7 Å². The average Bonchev–Trinajstić information content (AvgIpc) is 3.46. The summed E-state index contributed by atoms with van der Waals surface area (Å²) in [6, 6.07) is 13.5. The van der Waals surface area contributed by atoms with Crippen molar-refractivity contribution in [1.29, 1.82) is 0 Å². The van der Waals surface area contributed by atoms with Crippen LogP contribution in [-0.4, -0.2) is 98.4 Å². The lowest BCUT2D eigenvalue weighted by molar-refractivity contribution is -0.182. The van der Waals surface area contributed by atoms with Gasteiger partial charge in [-0.3, -0.25) is 29.1 Å². The number of hydrogen-bond donors (Lipinski definition) is 1. The van der Waals surface area contributed by atoms with E-state index in [9.17, 15) is 33.9 Å². The molecule has 0 aliphatic heterocycles. The molecule has 2 aliphatic carbocycles. The van der Waals surface area contributed by atoms with E-state index in [1.165, 1.54) is 101 Å². The molecule has 2 aromatic heterocycles. The molecule has 1 aromatic carbocycles. The van der Waals surface area contributed by atoms with Crippen molar-refractivity contribution in [3.05, 3.63) is 120 Å². The molecule has 0 saturated heterocycles. The Labute approximate surface area is 365 Å². The topological polar surface area (TPSA) is 221 Å². The maximum absolute atomic E-state index is 15.0. The Hall–Kier alpha value is -6.55. The lowest BCUT2D eigenvalue weighted by atomic mass is 9.72. The van der Waals surface area contributed by atoms with Crippen LogP contribution in [0.4, 0.5) is 0 Å². The van der Waals surface area contributed by atoms with Crippen LogP contribution in [-0.2, 0) is 47.6 Å². The molecular formula is C47H52N2O14. The Bertz CT molecular complexity index is 2240. The molecule has 9 atom stereocenters. The zero-order chi connectivity index (χ0) is 46.4. The first-order chi connectivity index (χ1) is 29.6. The van der Waals surface area contributed by atoms with Gasteiger partial charge in [-0.1, -0.05) is 71.5 Å². The first-order valence-corrected chi connectivity index (χ1v) is 20.3. The van der Waals surface area contributed by atoms with E-state index in [0.29, 0.717) is 0 Å². The van der Waals surface area contributed by atoms with Crippen LogP contribution >= 0.6 is 0 Å². The van der Waals surface area contributed by atoms with E-state index in [4.69, 9.17) is 28.4 Å². The van der Waals surface area contributed by atoms with Crippen molar-refractivity contribution < 1.29 is 67.1 Å². The maximum atomic E-state index is 15.0. The lowest BCUT2D eigenvalue weighted by Crippen LogP contribution is -2.58. The van der Waals surface area contributed by atoms with Gasteiger partial charge in [0.05, 0.1) is 28.5 Å². The Morgan fingerprint density at radius 1 is 0.730 bits per heavy atom. The Balaban J connectivity index is 1.84. The molecule has 0 radical (unpaired) electrons. The Morgan fingerprint density at radius 2 is 1.29 bits per heavy atom. The van der Waals surface area contributed by atoms with Gasteiger partial charge < -0.3 is 33.5 Å². The van der Waals surface area contributed by atoms with Gasteiger partial charge in [-0.05, 0) is 43.3 Å². The molecule has 1 saturated carbocycles. The van der Waals surface area contributed by atoms with E-state index < -0.39 is 118 Å². The summed E-state index contributed by atoms with van der Waals surface area (Å²) in [6.45, 7) is 15.4. The van der Waals surface area contributed by atoms with E-state index in [2.05, 4.69) is 16.5 Å². The molecule has 0 spiro atoms. The number of nitrogens with zero attached hydrogens (tertiary/aromatic N) is 2. The molecule has 16 heteroatoms. The van der Waals surface area contributed by atoms with Gasteiger partial charge in [0.15, 0.2) is 35.8 Å². The van der Waals surface area contributed by atoms with Crippen molar-refractivity contribution in [2.45, 2.75) is 104 Å². The molecule has 3 aromatic rings. The molecule has 5 rings (SSSR count). The summed E-state index contributed by atoms with van der Waals surface area (Å²) >= 11 is 0. The summed E-state index contributed by atoms with van der Waals surface area (Å²) in [7, 11) is 0. The number of aliphatic hydroxyl groups is 1. The monoisotopic (exact) mass is 868 g/mol. The number of allylic oxidation sites excluding steroid dienone is 1. The number of carbonyl (C=O) groups is 7. The second-order valence-electron chi connectivity index (χ2n) is 16.9. The van der Waals surface area contributed by atoms with Gasteiger partial charge in [0.25, 0.3) is 0 Å². The minimum absolute atomic E-state index is 0.00859. The van der Waals surface area contributed by atoms with Crippen LogP contribution in [0.25, 0.3) is 0 Å². The summed E-state index contributed by atoms with van der Waals surface area (Å²) in [5.74, 6) is -10.4. The number of hydrogen-bond acceptors (Lipinski definition) is 16. The van der Waals surface area contributed by atoms with Crippen molar-refractivity contribution in [2.24, 2.45) is 23.2 Å². The zero-order valence-electron chi connectivity index (χ0n) is 36.3. The van der Waals surface area contributed by atoms with Gasteiger partial charge in [0.1, 0.15) is 11.7 Å². The molecule has 0 unspecified atom stereocenters. The van der Waals surface area contributed by atoms with Crippen molar-refractivity contribution >= 4 is 41.6 Å². The SMILES string of the molecule is C=C1[C@@H](OC(=O)C(C)C)[C@H]2[C@@H](OC(C)=O)[C@](C)(OC(=O)c3cccnc3)C[C@]2(O)C(=O)[C@@H](C)/C=C/C(C)(C)[C@H](OC(=O)c2cccnc2)[C@H](OC(C)=O)[C@H]1OC(=O)c1ccccc1. The van der Waals surface area contributed by atoms with E-state index in [0.717, 1.165) is 13.8 Å². The van der Waals surface area contributed by atoms with Crippen LogP contribution in [0.1, 0.15) is 92.9 Å². The number of pyridine rings is 2. The summed E-state index contributed by atoms with van der Waals surface area (Å²) in [5.41, 5.74) is -6.49. The smallest absolute Gasteiger partial charge is 0.340 e. The van der Waals surface area contributed by atoms with Crippen LogP contribution in [0.2, 0.25) is 0 Å². The number of rotatable bonds is 10. The van der Waals surface area contributed by atoms with Crippen molar-refractivity contribution in [3.63, 3.8) is 0 Å². The van der Waals surface area contributed by atoms with Gasteiger partial charge in [-0.15, -0.1) is 0 Å². The molecule has 1 N–H and O–H groups in total. The standard InChI is InChI=1S/C47H52N2O14/c1-26(2)41(53)60-35-28(4)36(61-42(54)31-15-11-10-12-16-31)37(58-29(5)50)40(62-43(55)32-17-13-21-48-23-32)45(7,8)20-19-27(3)38(52)47(57)25-46(9,39(34(35)47)59-30(6)51)63-44(56)33-18-14-22-49-24-33/h10-24,26-27,34-37,39-40,57H,4,25H2,1-3,5-9H3/b20-19+/t27-,34-,35+,36-,37+,39+,40+,46+,47+/m0/s1. The highest BCUT2D eigenvalue weighted by Gasteiger charge is 2.70. The first kappa shape index (κ1) is 47.5. The van der Waals surface area contributed by atoms with Gasteiger partial charge in [-0.2, -0.15) is 0 Å². The van der Waals surface area contributed by atoms with Crippen LogP contribution in [0.5, 0.6) is 0 Å². The molecule has 2 heterocycles. The number of fused-ring (bicyclic) bond motifs is 1. The van der Waals surface area contributed by atoms with E-state index >= 15 is 4.79 Å². The van der Waals surface area contributed by atoms with Gasteiger partial charge in [-0.25, -0.2) is 14.4 Å². The quantitative estimate of drug-likeness (QED) is 0.153. The predicted octanol–water partition coefficient (Wildman–Crippen LogP) is 5.38. The fraction of sp³-hybridized carbons (Fsp3) is 0.426. The minimum atomic E-state index is -2.67. The van der Waals surface area contributed by atoms with Crippen molar-refractivity contribution in [2.75, 3.05) is 0 Å². The third-order valence-electron chi connectivity index (χ3n) is 11.0. The molecular weight excluding hydrogens is 817 g/mol. The summed E-state index contributed by atoms with van der Waals surface area (Å²) in [5, 5.41) is 13.1. The Kier molecular flexibility index (Phi) is 14.5. The molecule has 0 amide bonds. The van der Waals surface area contributed by atoms with E-state index in [1.54, 1.807) is 32.0 Å². The van der Waals surface area contributed by atoms with Crippen LogP contribution in [0, 0.1) is 23.2 Å². The zero-order valence-corrected chi connectivity index (χ0v) is 36.3. The van der Waals surface area contributed by atoms with Crippen LogP contribution in [0.3, 0.4) is 0 Å². The molecule has 63 heavy (non-hydrogen) atoms. The van der Waals surface area contributed by atoms with Gasteiger partial charge >= 0.3 is 35.8 Å². The van der Waals surface area contributed by atoms with Gasteiger partial charge in [0.2, 0.25) is 0 Å². The fourth-order valence-electron chi connectivity index (χ4n) is 7.94. The number of ether oxygens (including phenoxy) is 6. The fourth-order valence-corrected chi connectivity index (χ4v) is 7.94. The first-order valence-electron chi connectivity index (χ1n) is 20.3. The molecule has 334 valence electrons. The number of esters is 6. The second-order valence-corrected chi connectivity index (χ2v) is 16.9. The Morgan fingerprint density at radius 3 is 1.83 bits per heavy atom. The number of carbonyl (C=O) groups excluding carboxylic acids is 7. The van der Waals surface area contributed by atoms with E-state index in [1.807, 2.05) is 0 Å². The number of benzene rings is 1. The van der Waals surface area contributed by atoms with Crippen LogP contribution in [0.15, 0.2) is 104 Å². The summed E-state index contributed by atoms with van der Waals surface area (Å²) < 4.78 is 36.5. The van der Waals surface area contributed by atoms with Crippen molar-refractivity contribution in [3.8, 4) is 0 Å². The molecule has 16 nitrogen and oxygen atoms in total. The molecule has 2 aliphatic rings. The minimum Gasteiger partial charge on any atom is -0.458 e. The maximum Gasteiger partial charge on any atom is 0.340 e. The third-order valence-corrected chi connectivity index (χ3v) is 11.0. The number of aromatic nitrogens is 2.